The van der Waals surface area contributed by atoms with Crippen molar-refractivity contribution < 1.29 is 4.79 Å². The highest BCUT2D eigenvalue weighted by Gasteiger charge is 2.59. The van der Waals surface area contributed by atoms with Gasteiger partial charge in [0.2, 0.25) is 0 Å². The third-order valence-electron chi connectivity index (χ3n) is 8.52. The zero-order chi connectivity index (χ0) is 27.2. The summed E-state index contributed by atoms with van der Waals surface area (Å²) in [6, 6.07) is 15.0. The van der Waals surface area contributed by atoms with Crippen LogP contribution in [0.25, 0.3) is 27.8 Å². The molecule has 0 saturated carbocycles. The molecule has 2 aromatic heterocycles. The van der Waals surface area contributed by atoms with Gasteiger partial charge in [0, 0.05) is 53.1 Å². The molecule has 0 bridgehead atoms. The van der Waals surface area contributed by atoms with Crippen molar-refractivity contribution in [2.45, 2.75) is 37.6 Å². The van der Waals surface area contributed by atoms with Gasteiger partial charge < -0.3 is 11.1 Å². The Morgan fingerprint density at radius 3 is 2.31 bits per heavy atom. The van der Waals surface area contributed by atoms with Crippen molar-refractivity contribution in [1.82, 2.24) is 24.6 Å². The van der Waals surface area contributed by atoms with E-state index in [-0.39, 0.29) is 5.91 Å². The Morgan fingerprint density at radius 2 is 1.64 bits per heavy atom. The molecule has 7 nitrogen and oxygen atoms in total. The van der Waals surface area contributed by atoms with Gasteiger partial charge in [-0.1, -0.05) is 46.9 Å². The third kappa shape index (κ3) is 4.32. The maximum atomic E-state index is 13.4. The number of benzene rings is 2. The Bertz CT molecular complexity index is 1540. The molecule has 2 aliphatic rings. The molecule has 2 aromatic carbocycles. The second-order valence-corrected chi connectivity index (χ2v) is 11.8. The van der Waals surface area contributed by atoms with Crippen LogP contribution in [0.5, 0.6) is 0 Å². The zero-order valence-corrected chi connectivity index (χ0v) is 23.7. The van der Waals surface area contributed by atoms with Gasteiger partial charge in [0.05, 0.1) is 29.5 Å². The van der Waals surface area contributed by atoms with Crippen molar-refractivity contribution in [2.24, 2.45) is 5.73 Å². The number of carbonyl (C=O) groups is 1. The number of primary amides is 1. The predicted molar refractivity (Wildman–Crippen MR) is 159 cm³/mol. The van der Waals surface area contributed by atoms with Crippen LogP contribution in [-0.4, -0.2) is 52.4 Å². The molecule has 3 N–H and O–H groups in total. The molecule has 4 aromatic rings. The molecule has 0 radical (unpaired) electrons. The van der Waals surface area contributed by atoms with Gasteiger partial charge in [-0.05, 0) is 55.7 Å². The number of amides is 1. The fourth-order valence-corrected chi connectivity index (χ4v) is 7.26. The maximum Gasteiger partial charge on any atom is 0.279 e. The van der Waals surface area contributed by atoms with Crippen LogP contribution in [0.4, 0.5) is 5.82 Å². The quantitative estimate of drug-likeness (QED) is 0.276. The highest BCUT2D eigenvalue weighted by atomic mass is 35.5. The summed E-state index contributed by atoms with van der Waals surface area (Å²) in [7, 11) is 0. The van der Waals surface area contributed by atoms with Crippen LogP contribution in [0.3, 0.4) is 0 Å². The Labute approximate surface area is 242 Å². The summed E-state index contributed by atoms with van der Waals surface area (Å²) in [5.74, 6) is 0.537. The number of aromatic nitrogens is 3. The van der Waals surface area contributed by atoms with Gasteiger partial charge in [0.1, 0.15) is 0 Å². The van der Waals surface area contributed by atoms with E-state index in [2.05, 4.69) is 5.32 Å². The predicted octanol–water partition coefficient (Wildman–Crippen LogP) is 6.15. The number of nitrogens with one attached hydrogen (secondary N) is 1. The van der Waals surface area contributed by atoms with Crippen molar-refractivity contribution in [2.75, 3.05) is 26.2 Å². The highest BCUT2D eigenvalue weighted by molar-refractivity contribution is 6.35. The molecule has 0 aliphatic carbocycles. The lowest BCUT2D eigenvalue weighted by Crippen LogP contribution is -2.75. The van der Waals surface area contributed by atoms with Gasteiger partial charge in [-0.3, -0.25) is 9.28 Å². The van der Waals surface area contributed by atoms with Crippen LogP contribution in [0.1, 0.15) is 32.1 Å². The van der Waals surface area contributed by atoms with Crippen molar-refractivity contribution in [3.63, 3.8) is 0 Å². The number of rotatable bonds is 5. The van der Waals surface area contributed by atoms with E-state index in [9.17, 15) is 4.79 Å². The lowest BCUT2D eigenvalue weighted by Gasteiger charge is -2.53. The average molecular weight is 585 g/mol. The van der Waals surface area contributed by atoms with E-state index >= 15 is 0 Å². The Kier molecular flexibility index (Phi) is 7.06. The van der Waals surface area contributed by atoms with E-state index in [0.29, 0.717) is 38.1 Å². The van der Waals surface area contributed by atoms with Gasteiger partial charge in [0.15, 0.2) is 11.1 Å². The zero-order valence-electron chi connectivity index (χ0n) is 21.5. The van der Waals surface area contributed by atoms with Gasteiger partial charge in [0.25, 0.3) is 11.7 Å². The summed E-state index contributed by atoms with van der Waals surface area (Å²) in [5.41, 5.74) is 8.77. The van der Waals surface area contributed by atoms with Crippen molar-refractivity contribution in [1.29, 1.82) is 0 Å². The molecule has 39 heavy (non-hydrogen) atoms. The highest BCUT2D eigenvalue weighted by Crippen LogP contribution is 2.45. The van der Waals surface area contributed by atoms with Gasteiger partial charge >= 0.3 is 0 Å². The van der Waals surface area contributed by atoms with Crippen molar-refractivity contribution >= 4 is 57.4 Å². The van der Waals surface area contributed by atoms with E-state index in [1.54, 1.807) is 12.1 Å². The first-order valence-corrected chi connectivity index (χ1v) is 14.5. The number of nitrogens with two attached hydrogens (primary N) is 1. The maximum absolute atomic E-state index is 13.4. The lowest BCUT2D eigenvalue weighted by atomic mass is 9.80. The number of piperidine rings is 2. The molecule has 2 fully saturated rings. The minimum Gasteiger partial charge on any atom is -0.364 e. The standard InChI is InChI=1S/C29H29Cl3N6O/c30-20-6-4-19(5-7-20)26-22-10-13-35-27(25(22)36-37(26)24-9-8-21(31)18-23(24)32)38(16-2-1-3-17-38)29(28(33)39)11-14-34-15-12-29/h4-10,13,18,34H,1-3,11-12,14-17H2,(H-,33,39)/p+1. The molecule has 0 spiro atoms. The number of halogens is 3. The molecule has 0 atom stereocenters. The number of fused-ring (bicyclic) bond motifs is 1. The average Bonchev–Trinajstić information content (AvgIpc) is 3.33. The van der Waals surface area contributed by atoms with E-state index < -0.39 is 5.54 Å². The molecule has 4 heterocycles. The summed E-state index contributed by atoms with van der Waals surface area (Å²) >= 11 is 19.2. The number of likely N-dealkylation sites (tertiary alicyclic amines) is 1. The second kappa shape index (κ2) is 10.4. The minimum atomic E-state index is -0.755. The number of carbonyl (C=O) groups excluding carboxylic acids is 1. The second-order valence-electron chi connectivity index (χ2n) is 10.5. The largest absolute Gasteiger partial charge is 0.364 e. The Hall–Kier alpha value is -2.68. The minimum absolute atomic E-state index is 0.261. The normalized spacial score (nSPS) is 18.7. The SMILES string of the molecule is NC(=O)C1([N+]2(c3nccc4c(-c5ccc(Cl)cc5)n(-c5ccc(Cl)cc5Cl)nc34)CCCCC2)CCNCC1. The summed E-state index contributed by atoms with van der Waals surface area (Å²) in [5, 5.41) is 11.2. The van der Waals surface area contributed by atoms with Crippen LogP contribution in [0.2, 0.25) is 15.1 Å². The van der Waals surface area contributed by atoms with Crippen LogP contribution >= 0.6 is 34.8 Å². The van der Waals surface area contributed by atoms with E-state index in [4.69, 9.17) is 50.6 Å². The molecular formula is C29H30Cl3N6O+. The van der Waals surface area contributed by atoms with Crippen LogP contribution in [-0.2, 0) is 4.79 Å². The number of nitrogens with zero attached hydrogens (tertiary/aromatic N) is 4. The van der Waals surface area contributed by atoms with Crippen LogP contribution in [0, 0.1) is 0 Å². The van der Waals surface area contributed by atoms with Crippen LogP contribution in [0.15, 0.2) is 54.7 Å². The molecule has 10 heteroatoms. The third-order valence-corrected chi connectivity index (χ3v) is 9.31. The number of hydrogen-bond donors (Lipinski definition) is 2. The van der Waals surface area contributed by atoms with Crippen LogP contribution < -0.4 is 15.5 Å². The molecule has 6 rings (SSSR count). The molecule has 2 saturated heterocycles. The number of quaternary nitrogens is 1. The monoisotopic (exact) mass is 583 g/mol. The van der Waals surface area contributed by atoms with Crippen molar-refractivity contribution in [3.05, 3.63) is 69.8 Å². The van der Waals surface area contributed by atoms with Crippen molar-refractivity contribution in [3.8, 4) is 16.9 Å². The van der Waals surface area contributed by atoms with E-state index in [0.717, 1.165) is 73.4 Å². The molecular weight excluding hydrogens is 555 g/mol. The molecule has 2 aliphatic heterocycles. The smallest absolute Gasteiger partial charge is 0.279 e. The first kappa shape index (κ1) is 26.5. The topological polar surface area (TPSA) is 85.8 Å². The van der Waals surface area contributed by atoms with Gasteiger partial charge in [-0.15, -0.1) is 0 Å². The number of hydrogen-bond acceptors (Lipinski definition) is 4. The fourth-order valence-electron chi connectivity index (χ4n) is 6.64. The lowest BCUT2D eigenvalue weighted by molar-refractivity contribution is -0.132. The summed E-state index contributed by atoms with van der Waals surface area (Å²) in [4.78, 5) is 18.4. The summed E-state index contributed by atoms with van der Waals surface area (Å²) in [6.45, 7) is 3.06. The molecule has 202 valence electrons. The fraction of sp³-hybridized carbons (Fsp3) is 0.345. The molecule has 0 unspecified atom stereocenters. The first-order chi connectivity index (χ1) is 18.9. The number of pyridine rings is 1. The van der Waals surface area contributed by atoms with E-state index in [1.807, 2.05) is 47.3 Å². The van der Waals surface area contributed by atoms with Gasteiger partial charge in [-0.2, -0.15) is 5.10 Å². The van der Waals surface area contributed by atoms with Gasteiger partial charge in [-0.25, -0.2) is 9.67 Å². The molecule has 1 amide bonds. The Balaban J connectivity index is 1.67. The summed E-state index contributed by atoms with van der Waals surface area (Å²) < 4.78 is 2.28. The summed E-state index contributed by atoms with van der Waals surface area (Å²) in [6.07, 6.45) is 6.26. The first-order valence-electron chi connectivity index (χ1n) is 13.3. The van der Waals surface area contributed by atoms with E-state index in [1.165, 1.54) is 0 Å². The Morgan fingerprint density at radius 1 is 0.949 bits per heavy atom.